The van der Waals surface area contributed by atoms with Crippen LogP contribution in [0.15, 0.2) is 12.3 Å². The normalized spacial score (nSPS) is 10.8. The molecule has 1 N–H and O–H groups in total. The zero-order chi connectivity index (χ0) is 14.6. The van der Waals surface area contributed by atoms with Gasteiger partial charge in [-0.25, -0.2) is 9.37 Å². The van der Waals surface area contributed by atoms with E-state index >= 15 is 0 Å². The maximum Gasteiger partial charge on any atom is 0.250 e. The molecule has 1 heterocycles. The lowest BCUT2D eigenvalue weighted by atomic mass is 10.2. The van der Waals surface area contributed by atoms with Crippen LogP contribution in [0.2, 0.25) is 0 Å². The summed E-state index contributed by atoms with van der Waals surface area (Å²) >= 11 is 0. The Morgan fingerprint density at radius 1 is 1.25 bits per heavy atom. The van der Waals surface area contributed by atoms with Gasteiger partial charge in [-0.1, -0.05) is 6.92 Å². The SMILES string of the molecule is CCNCc1ccnc(OCCCOCCOC)c1F. The topological polar surface area (TPSA) is 52.6 Å². The highest BCUT2D eigenvalue weighted by Gasteiger charge is 2.10. The zero-order valence-electron chi connectivity index (χ0n) is 12.2. The number of aromatic nitrogens is 1. The summed E-state index contributed by atoms with van der Waals surface area (Å²) in [6.07, 6.45) is 2.24. The lowest BCUT2D eigenvalue weighted by molar-refractivity contribution is 0.0639. The van der Waals surface area contributed by atoms with Gasteiger partial charge in [0.1, 0.15) is 0 Å². The van der Waals surface area contributed by atoms with Gasteiger partial charge in [0.25, 0.3) is 5.88 Å². The second-order valence-corrected chi connectivity index (χ2v) is 4.18. The minimum atomic E-state index is -0.395. The van der Waals surface area contributed by atoms with Gasteiger partial charge in [0.05, 0.1) is 19.8 Å². The molecule has 20 heavy (non-hydrogen) atoms. The first-order valence-electron chi connectivity index (χ1n) is 6.83. The van der Waals surface area contributed by atoms with Crippen LogP contribution in [-0.4, -0.2) is 45.1 Å². The van der Waals surface area contributed by atoms with E-state index < -0.39 is 5.82 Å². The standard InChI is InChI=1S/C14H23FN2O3/c1-3-16-11-12-5-6-17-14(13(12)15)20-8-4-7-19-10-9-18-2/h5-6,16H,3-4,7-11H2,1-2H3. The highest BCUT2D eigenvalue weighted by atomic mass is 19.1. The van der Waals surface area contributed by atoms with E-state index in [1.54, 1.807) is 19.4 Å². The molecule has 0 amide bonds. The second-order valence-electron chi connectivity index (χ2n) is 4.18. The highest BCUT2D eigenvalue weighted by Crippen LogP contribution is 2.17. The summed E-state index contributed by atoms with van der Waals surface area (Å²) < 4.78 is 29.5. The van der Waals surface area contributed by atoms with Gasteiger partial charge >= 0.3 is 0 Å². The fraction of sp³-hybridized carbons (Fsp3) is 0.643. The number of nitrogens with one attached hydrogen (secondary N) is 1. The van der Waals surface area contributed by atoms with Crippen LogP contribution in [0.3, 0.4) is 0 Å². The molecule has 0 aliphatic carbocycles. The molecule has 0 atom stereocenters. The Hall–Kier alpha value is -1.24. The minimum Gasteiger partial charge on any atom is -0.475 e. The van der Waals surface area contributed by atoms with Crippen molar-refractivity contribution in [3.8, 4) is 5.88 Å². The maximum absolute atomic E-state index is 14.0. The number of hydrogen-bond acceptors (Lipinski definition) is 5. The van der Waals surface area contributed by atoms with Crippen molar-refractivity contribution in [3.63, 3.8) is 0 Å². The maximum atomic E-state index is 14.0. The number of nitrogens with zero attached hydrogens (tertiary/aromatic N) is 1. The number of pyridine rings is 1. The van der Waals surface area contributed by atoms with E-state index in [0.29, 0.717) is 45.0 Å². The fourth-order valence-corrected chi connectivity index (χ4v) is 1.53. The molecule has 0 bridgehead atoms. The summed E-state index contributed by atoms with van der Waals surface area (Å²) in [6.45, 7) is 5.30. The first-order valence-corrected chi connectivity index (χ1v) is 6.83. The van der Waals surface area contributed by atoms with E-state index in [0.717, 1.165) is 6.54 Å². The average Bonchev–Trinajstić information content (AvgIpc) is 2.46. The van der Waals surface area contributed by atoms with Crippen LogP contribution in [0.25, 0.3) is 0 Å². The monoisotopic (exact) mass is 286 g/mol. The van der Waals surface area contributed by atoms with Gasteiger partial charge in [-0.2, -0.15) is 0 Å². The lowest BCUT2D eigenvalue weighted by Gasteiger charge is -2.09. The molecule has 6 heteroatoms. The van der Waals surface area contributed by atoms with Gasteiger partial charge in [-0.3, -0.25) is 0 Å². The Morgan fingerprint density at radius 2 is 2.10 bits per heavy atom. The first kappa shape index (κ1) is 16.8. The Morgan fingerprint density at radius 3 is 2.85 bits per heavy atom. The van der Waals surface area contributed by atoms with E-state index in [-0.39, 0.29) is 5.88 Å². The summed E-state index contributed by atoms with van der Waals surface area (Å²) in [5, 5.41) is 3.07. The van der Waals surface area contributed by atoms with Crippen molar-refractivity contribution >= 4 is 0 Å². The van der Waals surface area contributed by atoms with Crippen LogP contribution >= 0.6 is 0 Å². The number of halogens is 1. The second kappa shape index (κ2) is 10.5. The molecular weight excluding hydrogens is 263 g/mol. The van der Waals surface area contributed by atoms with E-state index in [9.17, 15) is 4.39 Å². The number of rotatable bonds is 11. The molecular formula is C14H23FN2O3. The van der Waals surface area contributed by atoms with Crippen molar-refractivity contribution in [2.75, 3.05) is 40.1 Å². The highest BCUT2D eigenvalue weighted by molar-refractivity contribution is 5.23. The molecule has 5 nitrogen and oxygen atoms in total. The van der Waals surface area contributed by atoms with Gasteiger partial charge in [0.15, 0.2) is 5.82 Å². The third kappa shape index (κ3) is 6.27. The Kier molecular flexibility index (Phi) is 8.86. The van der Waals surface area contributed by atoms with E-state index in [1.807, 2.05) is 6.92 Å². The Bertz CT molecular complexity index is 377. The predicted molar refractivity (Wildman–Crippen MR) is 74.4 cm³/mol. The van der Waals surface area contributed by atoms with Gasteiger partial charge in [0, 0.05) is 38.4 Å². The van der Waals surface area contributed by atoms with Crippen molar-refractivity contribution in [2.24, 2.45) is 0 Å². The van der Waals surface area contributed by atoms with Crippen LogP contribution < -0.4 is 10.1 Å². The minimum absolute atomic E-state index is 0.0531. The smallest absolute Gasteiger partial charge is 0.250 e. The molecule has 0 unspecified atom stereocenters. The van der Waals surface area contributed by atoms with Crippen LogP contribution in [0, 0.1) is 5.82 Å². The zero-order valence-corrected chi connectivity index (χ0v) is 12.2. The van der Waals surface area contributed by atoms with Crippen molar-refractivity contribution < 1.29 is 18.6 Å². The molecule has 0 aromatic carbocycles. The molecule has 0 saturated heterocycles. The Labute approximate surface area is 119 Å². The molecule has 0 spiro atoms. The molecule has 1 rings (SSSR count). The predicted octanol–water partition coefficient (Wildman–Crippen LogP) is 1.76. The van der Waals surface area contributed by atoms with E-state index in [4.69, 9.17) is 14.2 Å². The quantitative estimate of drug-likeness (QED) is 0.628. The van der Waals surface area contributed by atoms with Gasteiger partial charge in [-0.05, 0) is 12.6 Å². The van der Waals surface area contributed by atoms with E-state index in [1.165, 1.54) is 0 Å². The van der Waals surface area contributed by atoms with Crippen LogP contribution in [0.5, 0.6) is 5.88 Å². The Balaban J connectivity index is 2.29. The van der Waals surface area contributed by atoms with Crippen LogP contribution in [0.4, 0.5) is 4.39 Å². The molecule has 0 radical (unpaired) electrons. The lowest BCUT2D eigenvalue weighted by Crippen LogP contribution is -2.14. The summed E-state index contributed by atoms with van der Waals surface area (Å²) in [5.74, 6) is -0.342. The fourth-order valence-electron chi connectivity index (χ4n) is 1.53. The summed E-state index contributed by atoms with van der Waals surface area (Å²) in [6, 6.07) is 1.65. The van der Waals surface area contributed by atoms with Crippen molar-refractivity contribution in [2.45, 2.75) is 19.9 Å². The van der Waals surface area contributed by atoms with Crippen molar-refractivity contribution in [1.82, 2.24) is 10.3 Å². The summed E-state index contributed by atoms with van der Waals surface area (Å²) in [7, 11) is 1.63. The first-order chi connectivity index (χ1) is 9.79. The third-order valence-corrected chi connectivity index (χ3v) is 2.61. The largest absolute Gasteiger partial charge is 0.475 e. The molecule has 0 aliphatic heterocycles. The third-order valence-electron chi connectivity index (χ3n) is 2.61. The van der Waals surface area contributed by atoms with Gasteiger partial charge < -0.3 is 19.5 Å². The van der Waals surface area contributed by atoms with Gasteiger partial charge in [-0.15, -0.1) is 0 Å². The van der Waals surface area contributed by atoms with Crippen molar-refractivity contribution in [3.05, 3.63) is 23.6 Å². The number of methoxy groups -OCH3 is 1. The van der Waals surface area contributed by atoms with Crippen LogP contribution in [0.1, 0.15) is 18.9 Å². The van der Waals surface area contributed by atoms with Crippen molar-refractivity contribution in [1.29, 1.82) is 0 Å². The summed E-state index contributed by atoms with van der Waals surface area (Å²) in [4.78, 5) is 3.91. The molecule has 1 aromatic rings. The van der Waals surface area contributed by atoms with Gasteiger partial charge in [0.2, 0.25) is 0 Å². The average molecular weight is 286 g/mol. The number of ether oxygens (including phenoxy) is 3. The van der Waals surface area contributed by atoms with E-state index in [2.05, 4.69) is 10.3 Å². The molecule has 1 aromatic heterocycles. The molecule has 114 valence electrons. The number of hydrogen-bond donors (Lipinski definition) is 1. The molecule has 0 fully saturated rings. The molecule has 0 saturated carbocycles. The summed E-state index contributed by atoms with van der Waals surface area (Å²) in [5.41, 5.74) is 0.563. The van der Waals surface area contributed by atoms with Crippen LogP contribution in [-0.2, 0) is 16.0 Å². The molecule has 0 aliphatic rings.